The topological polar surface area (TPSA) is 74.4 Å². The Kier molecular flexibility index (Phi) is 4.71. The Hall–Kier alpha value is -1.83. The van der Waals surface area contributed by atoms with Gasteiger partial charge in [0.05, 0.1) is 12.2 Å². The lowest BCUT2D eigenvalue weighted by Crippen LogP contribution is -2.22. The molecule has 0 atom stereocenters. The normalized spacial score (nSPS) is 11.3. The Morgan fingerprint density at radius 1 is 1.47 bits per heavy atom. The monoisotopic (exact) mass is 278 g/mol. The third-order valence-corrected chi connectivity index (χ3v) is 2.23. The van der Waals surface area contributed by atoms with Gasteiger partial charge >= 0.3 is 12.3 Å². The zero-order valence-electron chi connectivity index (χ0n) is 10.4. The minimum absolute atomic E-state index is 0.0430. The Balaban J connectivity index is 3.29. The van der Waals surface area contributed by atoms with E-state index in [-0.39, 0.29) is 24.3 Å². The van der Waals surface area contributed by atoms with E-state index in [2.05, 4.69) is 9.72 Å². The van der Waals surface area contributed by atoms with Crippen LogP contribution in [0.3, 0.4) is 0 Å². The van der Waals surface area contributed by atoms with Crippen LogP contribution in [0.4, 0.5) is 13.2 Å². The molecular weight excluding hydrogens is 265 g/mol. The highest BCUT2D eigenvalue weighted by molar-refractivity contribution is 5.93. The number of hydrogen-bond donors (Lipinski definition) is 1. The number of nitrogens with two attached hydrogens (primary N) is 1. The van der Waals surface area contributed by atoms with E-state index in [4.69, 9.17) is 10.5 Å². The van der Waals surface area contributed by atoms with Crippen molar-refractivity contribution in [3.8, 4) is 5.88 Å². The number of pyridine rings is 1. The molecule has 0 unspecified atom stereocenters. The van der Waals surface area contributed by atoms with Crippen LogP contribution in [0.25, 0.3) is 0 Å². The summed E-state index contributed by atoms with van der Waals surface area (Å²) < 4.78 is 45.2. The van der Waals surface area contributed by atoms with Crippen molar-refractivity contribution in [1.82, 2.24) is 4.98 Å². The van der Waals surface area contributed by atoms with E-state index in [0.29, 0.717) is 5.56 Å². The Morgan fingerprint density at radius 2 is 2.11 bits per heavy atom. The lowest BCUT2D eigenvalue weighted by Gasteiger charge is -2.15. The molecule has 1 rings (SSSR count). The highest BCUT2D eigenvalue weighted by Gasteiger charge is 2.34. The fourth-order valence-electron chi connectivity index (χ4n) is 1.52. The van der Waals surface area contributed by atoms with Crippen molar-refractivity contribution in [2.24, 2.45) is 5.73 Å². The first-order chi connectivity index (χ1) is 8.80. The average Bonchev–Trinajstić information content (AvgIpc) is 2.29. The summed E-state index contributed by atoms with van der Waals surface area (Å²) in [5.41, 5.74) is 5.58. The van der Waals surface area contributed by atoms with E-state index < -0.39 is 18.2 Å². The summed E-state index contributed by atoms with van der Waals surface area (Å²) in [4.78, 5) is 15.2. The highest BCUT2D eigenvalue weighted by Crippen LogP contribution is 2.28. The molecule has 1 heterocycles. The van der Waals surface area contributed by atoms with Gasteiger partial charge < -0.3 is 15.2 Å². The Labute approximate surface area is 107 Å². The van der Waals surface area contributed by atoms with Gasteiger partial charge in [-0.3, -0.25) is 0 Å². The lowest BCUT2D eigenvalue weighted by molar-refractivity contribution is -0.276. The van der Waals surface area contributed by atoms with E-state index in [1.807, 2.05) is 0 Å². The summed E-state index contributed by atoms with van der Waals surface area (Å²) in [6.45, 7) is 2.88. The number of ether oxygens (including phenoxy) is 2. The van der Waals surface area contributed by atoms with Gasteiger partial charge in [0.2, 0.25) is 5.88 Å². The van der Waals surface area contributed by atoms with E-state index in [9.17, 15) is 18.0 Å². The number of carbonyl (C=O) groups is 1. The first kappa shape index (κ1) is 15.2. The van der Waals surface area contributed by atoms with Gasteiger partial charge in [0.25, 0.3) is 0 Å². The molecule has 5 nitrogen and oxygen atoms in total. The number of aromatic nitrogens is 1. The predicted octanol–water partition coefficient (Wildman–Crippen LogP) is 1.92. The van der Waals surface area contributed by atoms with Crippen LogP contribution in [0.2, 0.25) is 0 Å². The number of alkyl halides is 3. The number of hydrogen-bond acceptors (Lipinski definition) is 5. The van der Waals surface area contributed by atoms with Gasteiger partial charge in [0.1, 0.15) is 0 Å². The number of rotatable bonds is 4. The summed E-state index contributed by atoms with van der Waals surface area (Å²) >= 11 is 0. The van der Waals surface area contributed by atoms with Crippen molar-refractivity contribution in [3.63, 3.8) is 0 Å². The molecule has 19 heavy (non-hydrogen) atoms. The van der Waals surface area contributed by atoms with E-state index in [1.54, 1.807) is 6.92 Å². The maximum absolute atomic E-state index is 12.2. The molecule has 0 aromatic carbocycles. The third-order valence-electron chi connectivity index (χ3n) is 2.23. The van der Waals surface area contributed by atoms with Crippen LogP contribution in [-0.2, 0) is 11.3 Å². The van der Waals surface area contributed by atoms with Gasteiger partial charge in [0.15, 0.2) is 0 Å². The molecule has 106 valence electrons. The molecule has 0 fully saturated rings. The van der Waals surface area contributed by atoms with Gasteiger partial charge in [0, 0.05) is 18.3 Å². The van der Waals surface area contributed by atoms with Crippen LogP contribution in [0.1, 0.15) is 28.4 Å². The smallest absolute Gasteiger partial charge is 0.462 e. The molecule has 0 bridgehead atoms. The maximum atomic E-state index is 12.2. The van der Waals surface area contributed by atoms with Gasteiger partial charge in [-0.1, -0.05) is 0 Å². The Morgan fingerprint density at radius 3 is 2.58 bits per heavy atom. The molecule has 0 amide bonds. The predicted molar refractivity (Wildman–Crippen MR) is 59.5 cm³/mol. The fourth-order valence-corrected chi connectivity index (χ4v) is 1.52. The van der Waals surface area contributed by atoms with Crippen molar-refractivity contribution in [1.29, 1.82) is 0 Å². The van der Waals surface area contributed by atoms with E-state index in [1.165, 1.54) is 6.92 Å². The van der Waals surface area contributed by atoms with Crippen LogP contribution in [0.15, 0.2) is 6.20 Å². The quantitative estimate of drug-likeness (QED) is 0.852. The number of aryl methyl sites for hydroxylation is 1. The van der Waals surface area contributed by atoms with Crippen molar-refractivity contribution >= 4 is 5.97 Å². The van der Waals surface area contributed by atoms with Gasteiger partial charge in [-0.25, -0.2) is 9.78 Å². The van der Waals surface area contributed by atoms with Crippen LogP contribution in [0, 0.1) is 6.92 Å². The zero-order chi connectivity index (χ0) is 14.6. The molecule has 0 aliphatic rings. The lowest BCUT2D eigenvalue weighted by atomic mass is 10.1. The van der Waals surface area contributed by atoms with Crippen LogP contribution in [-0.4, -0.2) is 23.9 Å². The molecule has 0 radical (unpaired) electrons. The van der Waals surface area contributed by atoms with Gasteiger partial charge in [-0.15, -0.1) is 13.2 Å². The second-order valence-electron chi connectivity index (χ2n) is 3.57. The van der Waals surface area contributed by atoms with Crippen molar-refractivity contribution in [2.75, 3.05) is 6.61 Å². The summed E-state index contributed by atoms with van der Waals surface area (Å²) in [6.07, 6.45) is -3.80. The summed E-state index contributed by atoms with van der Waals surface area (Å²) in [6, 6.07) is 0. The largest absolute Gasteiger partial charge is 0.574 e. The van der Waals surface area contributed by atoms with Crippen molar-refractivity contribution < 1.29 is 27.4 Å². The molecule has 0 aliphatic carbocycles. The minimum atomic E-state index is -4.90. The zero-order valence-corrected chi connectivity index (χ0v) is 10.4. The third kappa shape index (κ3) is 3.82. The fraction of sp³-hybridized carbons (Fsp3) is 0.455. The number of nitrogens with zero attached hydrogens (tertiary/aromatic N) is 1. The molecule has 0 spiro atoms. The molecule has 1 aromatic heterocycles. The SMILES string of the molecule is CCOC(=O)c1c(C)cnc(OC(F)(F)F)c1CN. The summed E-state index contributed by atoms with van der Waals surface area (Å²) in [5, 5.41) is 0. The van der Waals surface area contributed by atoms with E-state index in [0.717, 1.165) is 6.20 Å². The Bertz CT molecular complexity index is 475. The van der Waals surface area contributed by atoms with E-state index >= 15 is 0 Å². The van der Waals surface area contributed by atoms with Gasteiger partial charge in [-0.05, 0) is 19.4 Å². The first-order valence-corrected chi connectivity index (χ1v) is 5.41. The second-order valence-corrected chi connectivity index (χ2v) is 3.57. The molecular formula is C11H13F3N2O3. The molecule has 1 aromatic rings. The molecule has 2 N–H and O–H groups in total. The summed E-state index contributed by atoms with van der Waals surface area (Å²) in [7, 11) is 0. The average molecular weight is 278 g/mol. The van der Waals surface area contributed by atoms with Crippen LogP contribution < -0.4 is 10.5 Å². The molecule has 0 saturated carbocycles. The number of esters is 1. The summed E-state index contributed by atoms with van der Waals surface area (Å²) in [5.74, 6) is -1.49. The first-order valence-electron chi connectivity index (χ1n) is 5.41. The number of carbonyl (C=O) groups excluding carboxylic acids is 1. The molecule has 8 heteroatoms. The molecule has 0 saturated heterocycles. The van der Waals surface area contributed by atoms with Crippen LogP contribution in [0.5, 0.6) is 5.88 Å². The molecule has 0 aliphatic heterocycles. The van der Waals surface area contributed by atoms with Crippen molar-refractivity contribution in [2.45, 2.75) is 26.8 Å². The van der Waals surface area contributed by atoms with Gasteiger partial charge in [-0.2, -0.15) is 0 Å². The minimum Gasteiger partial charge on any atom is -0.462 e. The maximum Gasteiger partial charge on any atom is 0.574 e. The highest BCUT2D eigenvalue weighted by atomic mass is 19.4. The van der Waals surface area contributed by atoms with Crippen LogP contribution >= 0.6 is 0 Å². The standard InChI is InChI=1S/C11H13F3N2O3/c1-3-18-10(17)8-6(2)5-16-9(7(8)4-15)19-11(12,13)14/h5H,3-4,15H2,1-2H3. The van der Waals surface area contributed by atoms with Crippen molar-refractivity contribution in [3.05, 3.63) is 22.9 Å². The number of halogens is 3. The second kappa shape index (κ2) is 5.87.